The van der Waals surface area contributed by atoms with E-state index in [-0.39, 0.29) is 57.7 Å². The fraction of sp³-hybridized carbons (Fsp3) is 0.517. The monoisotopic (exact) mass is 544 g/mol. The van der Waals surface area contributed by atoms with Gasteiger partial charge in [0.25, 0.3) is 0 Å². The first-order chi connectivity index (χ1) is 15.8. The van der Waals surface area contributed by atoms with Gasteiger partial charge in [-0.1, -0.05) is 71.9 Å². The quantitative estimate of drug-likeness (QED) is 0.409. The van der Waals surface area contributed by atoms with E-state index in [9.17, 15) is 9.90 Å². The summed E-state index contributed by atoms with van der Waals surface area (Å²) < 4.78 is 5.46. The number of phenols is 1. The predicted molar refractivity (Wildman–Crippen MR) is 148 cm³/mol. The summed E-state index contributed by atoms with van der Waals surface area (Å²) in [6, 6.07) is 13.9. The summed E-state index contributed by atoms with van der Waals surface area (Å²) in [6.07, 6.45) is 0.764. The molecule has 0 amide bonds. The zero-order chi connectivity index (χ0) is 25.3. The highest BCUT2D eigenvalue weighted by molar-refractivity contribution is 8.93. The van der Waals surface area contributed by atoms with Crippen LogP contribution in [-0.4, -0.2) is 48.4 Å². The fourth-order valence-corrected chi connectivity index (χ4v) is 4.83. The van der Waals surface area contributed by atoms with Crippen molar-refractivity contribution in [2.24, 2.45) is 11.8 Å². The number of nitrogens with one attached hydrogen (secondary N) is 1. The number of carbonyl (C=O) groups excluding carboxylic acids is 1. The Kier molecular flexibility index (Phi) is 9.34. The van der Waals surface area contributed by atoms with Gasteiger partial charge in [-0.05, 0) is 34.9 Å². The number of ether oxygens (including phenoxy) is 1. The Hall–Kier alpha value is -2.18. The number of aromatic hydroxyl groups is 1. The van der Waals surface area contributed by atoms with Gasteiger partial charge in [-0.25, -0.2) is 0 Å². The first kappa shape index (κ1) is 29.1. The number of rotatable bonds is 7. The van der Waals surface area contributed by atoms with Crippen LogP contribution in [-0.2, 0) is 22.0 Å². The lowest BCUT2D eigenvalue weighted by Gasteiger charge is -2.28. The van der Waals surface area contributed by atoms with E-state index in [0.29, 0.717) is 24.6 Å². The van der Waals surface area contributed by atoms with Crippen molar-refractivity contribution in [2.75, 3.05) is 26.8 Å². The number of amidine groups is 1. The molecule has 0 saturated carbocycles. The summed E-state index contributed by atoms with van der Waals surface area (Å²) in [5.74, 6) is 0.932. The molecule has 0 aromatic heterocycles. The van der Waals surface area contributed by atoms with Crippen LogP contribution >= 0.6 is 17.0 Å². The summed E-state index contributed by atoms with van der Waals surface area (Å²) in [5.41, 5.74) is 2.73. The van der Waals surface area contributed by atoms with Crippen LogP contribution in [0.5, 0.6) is 5.75 Å². The van der Waals surface area contributed by atoms with Crippen LogP contribution in [0.3, 0.4) is 0 Å². The summed E-state index contributed by atoms with van der Waals surface area (Å²) in [7, 11) is 1.69. The van der Waals surface area contributed by atoms with Crippen LogP contribution in [0.1, 0.15) is 68.6 Å². The first-order valence-electron chi connectivity index (χ1n) is 12.1. The number of halogens is 1. The van der Waals surface area contributed by atoms with Gasteiger partial charge in [-0.2, -0.15) is 0 Å². The second kappa shape index (κ2) is 11.3. The number of likely N-dealkylation sites (tertiary alicyclic amines) is 1. The van der Waals surface area contributed by atoms with Gasteiger partial charge in [0, 0.05) is 42.2 Å². The van der Waals surface area contributed by atoms with Crippen molar-refractivity contribution in [1.29, 1.82) is 5.41 Å². The minimum atomic E-state index is -0.301. The maximum Gasteiger partial charge on any atom is 0.182 e. The molecule has 2 N–H and O–H groups in total. The van der Waals surface area contributed by atoms with Crippen LogP contribution in [0.4, 0.5) is 0 Å². The average molecular weight is 546 g/mol. The van der Waals surface area contributed by atoms with Gasteiger partial charge >= 0.3 is 0 Å². The van der Waals surface area contributed by atoms with Crippen molar-refractivity contribution < 1.29 is 14.6 Å². The largest absolute Gasteiger partial charge is 0.507 e. The number of hydrogen-bond donors (Lipinski definition) is 2. The van der Waals surface area contributed by atoms with E-state index >= 15 is 0 Å². The summed E-state index contributed by atoms with van der Waals surface area (Å²) in [6.45, 7) is 13.6. The van der Waals surface area contributed by atoms with E-state index in [4.69, 9.17) is 10.1 Å². The van der Waals surface area contributed by atoms with Crippen LogP contribution in [0, 0.1) is 17.2 Å². The lowest BCUT2D eigenvalue weighted by molar-refractivity contribution is 0.0953. The molecule has 1 saturated heterocycles. The van der Waals surface area contributed by atoms with Crippen molar-refractivity contribution >= 4 is 28.6 Å². The van der Waals surface area contributed by atoms with Crippen molar-refractivity contribution in [3.05, 3.63) is 64.7 Å². The van der Waals surface area contributed by atoms with Crippen LogP contribution in [0.2, 0.25) is 0 Å². The fourth-order valence-electron chi connectivity index (χ4n) is 4.83. The third-order valence-corrected chi connectivity index (χ3v) is 6.78. The maximum atomic E-state index is 13.5. The summed E-state index contributed by atoms with van der Waals surface area (Å²) in [4.78, 5) is 15.4. The molecule has 35 heavy (non-hydrogen) atoms. The molecule has 1 aliphatic heterocycles. The highest BCUT2D eigenvalue weighted by Gasteiger charge is 2.38. The molecule has 2 atom stereocenters. The predicted octanol–water partition coefficient (Wildman–Crippen LogP) is 6.16. The number of methoxy groups -OCH3 is 1. The highest BCUT2D eigenvalue weighted by Crippen LogP contribution is 2.40. The van der Waals surface area contributed by atoms with Gasteiger partial charge in [0.15, 0.2) is 5.78 Å². The molecule has 2 aromatic carbocycles. The van der Waals surface area contributed by atoms with E-state index in [1.54, 1.807) is 7.11 Å². The molecular formula is C29H41BrN2O3. The number of hydrogen-bond acceptors (Lipinski definition) is 4. The smallest absolute Gasteiger partial charge is 0.182 e. The van der Waals surface area contributed by atoms with Crippen molar-refractivity contribution in [3.8, 4) is 5.75 Å². The lowest BCUT2D eigenvalue weighted by Crippen LogP contribution is -2.33. The zero-order valence-electron chi connectivity index (χ0n) is 22.1. The Morgan fingerprint density at radius 3 is 2.09 bits per heavy atom. The number of nitrogens with zero attached hydrogens (tertiary/aromatic N) is 1. The second-order valence-corrected chi connectivity index (χ2v) is 11.6. The Balaban J connectivity index is 0.00000432. The van der Waals surface area contributed by atoms with Crippen molar-refractivity contribution in [3.63, 3.8) is 0 Å². The third kappa shape index (κ3) is 6.73. The van der Waals surface area contributed by atoms with E-state index in [2.05, 4.69) is 12.1 Å². The van der Waals surface area contributed by atoms with Crippen LogP contribution < -0.4 is 0 Å². The number of phenolic OH excluding ortho intramolecular Hbond substituents is 1. The maximum absolute atomic E-state index is 13.5. The Morgan fingerprint density at radius 1 is 1.06 bits per heavy atom. The molecule has 0 unspecified atom stereocenters. The van der Waals surface area contributed by atoms with Crippen molar-refractivity contribution in [2.45, 2.75) is 58.8 Å². The molecule has 6 heteroatoms. The minimum absolute atomic E-state index is 0. The third-order valence-electron chi connectivity index (χ3n) is 6.78. The molecule has 192 valence electrons. The lowest BCUT2D eigenvalue weighted by atomic mass is 9.78. The number of ketones is 1. The normalized spacial score (nSPS) is 18.5. The van der Waals surface area contributed by atoms with Crippen LogP contribution in [0.15, 0.2) is 42.5 Å². The molecule has 2 aromatic rings. The van der Waals surface area contributed by atoms with Gasteiger partial charge < -0.3 is 14.7 Å². The zero-order valence-corrected chi connectivity index (χ0v) is 23.9. The molecular weight excluding hydrogens is 504 g/mol. The molecule has 5 nitrogen and oxygen atoms in total. The van der Waals surface area contributed by atoms with Crippen LogP contribution in [0.25, 0.3) is 0 Å². The molecule has 1 heterocycles. The summed E-state index contributed by atoms with van der Waals surface area (Å²) >= 11 is 0. The minimum Gasteiger partial charge on any atom is -0.507 e. The molecule has 1 fully saturated rings. The molecule has 3 rings (SSSR count). The summed E-state index contributed by atoms with van der Waals surface area (Å²) in [5, 5.41) is 19.9. The Labute approximate surface area is 221 Å². The van der Waals surface area contributed by atoms with E-state index < -0.39 is 0 Å². The van der Waals surface area contributed by atoms with Gasteiger partial charge in [-0.15, -0.1) is 17.0 Å². The van der Waals surface area contributed by atoms with E-state index in [1.165, 1.54) is 5.56 Å². The molecule has 0 bridgehead atoms. The number of carbonyl (C=O) groups is 1. The molecule has 0 radical (unpaired) electrons. The topological polar surface area (TPSA) is 73.6 Å². The molecule has 0 spiro atoms. The number of benzene rings is 2. The Bertz CT molecular complexity index is 1000. The first-order valence-corrected chi connectivity index (χ1v) is 12.1. The number of Topliss-reactive ketones (excluding diaryl/α,β-unsaturated/α-hetero) is 1. The van der Waals surface area contributed by atoms with Gasteiger partial charge in [0.1, 0.15) is 11.6 Å². The van der Waals surface area contributed by atoms with Gasteiger partial charge in [-0.3, -0.25) is 10.2 Å². The highest BCUT2D eigenvalue weighted by atomic mass is 79.9. The van der Waals surface area contributed by atoms with Gasteiger partial charge in [0.2, 0.25) is 0 Å². The molecule has 1 aliphatic rings. The average Bonchev–Trinajstić information content (AvgIpc) is 3.02. The second-order valence-electron chi connectivity index (χ2n) is 11.6. The van der Waals surface area contributed by atoms with E-state index in [0.717, 1.165) is 17.5 Å². The molecule has 0 aliphatic carbocycles. The SMILES string of the molecule is Br.COC[C@H]1CN(CC(=O)c2cc(C(C)(C)C)c(O)c(C(C)(C)C)c2)C(=N)[C@@H]1Cc1ccccc1. The standard InChI is InChI=1S/C29H40N2O3.BrH/c1-28(2,3)23-14-20(15-24(26(23)33)29(4,5)6)25(32)17-31-16-21(18-34-7)22(27(31)30)13-19-11-9-8-10-12-19;/h8-12,14-15,21-22,30,33H,13,16-18H2,1-7H3;1H/t21-,22-;/m1./s1. The Morgan fingerprint density at radius 2 is 1.60 bits per heavy atom. The van der Waals surface area contributed by atoms with Gasteiger partial charge in [0.05, 0.1) is 13.2 Å². The van der Waals surface area contributed by atoms with E-state index in [1.807, 2.05) is 76.8 Å². The van der Waals surface area contributed by atoms with Crippen molar-refractivity contribution in [1.82, 2.24) is 4.90 Å².